The Kier molecular flexibility index (Phi) is 8.66. The molecule has 4 nitrogen and oxygen atoms in total. The molecule has 2 N–H and O–H groups in total. The molecule has 4 heteroatoms. The van der Waals surface area contributed by atoms with Crippen LogP contribution in [-0.2, 0) is 9.59 Å². The van der Waals surface area contributed by atoms with Crippen molar-refractivity contribution < 1.29 is 19.8 Å². The standard InChI is InChI=1S/C40H56O4/c1-8-40(25-19-31-28(3)14-18-33-37(31,5)21-11-23-39(33,7)35(43)44)24-9-12-29(26-40)15-16-30-27(2)13-17-32-36(30,4)20-10-22-38(32,6)34(41)42/h8,12,15-16,19,25,30-33H,1-3,9-11,13-14,17-18,20-24,26H2,4-7H3,(H,41,42)(H,43,44)/b16-15+,25-19+. The number of carbonyl (C=O) groups is 2. The summed E-state index contributed by atoms with van der Waals surface area (Å²) in [6.07, 6.45) is 25.8. The molecule has 0 saturated heterocycles. The molecule has 0 aromatic heterocycles. The van der Waals surface area contributed by atoms with E-state index in [1.807, 2.05) is 13.8 Å². The van der Waals surface area contributed by atoms with Crippen LogP contribution in [0.4, 0.5) is 0 Å². The van der Waals surface area contributed by atoms with Gasteiger partial charge in [-0.05, 0) is 107 Å². The minimum atomic E-state index is -0.680. The van der Waals surface area contributed by atoms with Crippen LogP contribution in [0.1, 0.15) is 111 Å². The summed E-state index contributed by atoms with van der Waals surface area (Å²) >= 11 is 0. The fraction of sp³-hybridized carbons (Fsp3) is 0.650. The zero-order valence-corrected chi connectivity index (χ0v) is 27.8. The molecular weight excluding hydrogens is 544 g/mol. The highest BCUT2D eigenvalue weighted by atomic mass is 16.4. The zero-order valence-electron chi connectivity index (χ0n) is 27.8. The van der Waals surface area contributed by atoms with E-state index in [2.05, 4.69) is 70.0 Å². The summed E-state index contributed by atoms with van der Waals surface area (Å²) in [5.74, 6) is -0.673. The molecule has 0 aliphatic heterocycles. The number of carboxylic acids is 2. The molecule has 0 radical (unpaired) electrons. The molecule has 5 rings (SSSR count). The summed E-state index contributed by atoms with van der Waals surface area (Å²) < 4.78 is 0. The highest BCUT2D eigenvalue weighted by molar-refractivity contribution is 5.75. The van der Waals surface area contributed by atoms with E-state index >= 15 is 0 Å². The second-order valence-corrected chi connectivity index (χ2v) is 16.3. The smallest absolute Gasteiger partial charge is 0.309 e. The summed E-state index contributed by atoms with van der Waals surface area (Å²) in [7, 11) is 0. The molecular formula is C40H56O4. The van der Waals surface area contributed by atoms with Crippen molar-refractivity contribution in [2.75, 3.05) is 0 Å². The van der Waals surface area contributed by atoms with E-state index in [9.17, 15) is 19.8 Å². The van der Waals surface area contributed by atoms with Crippen LogP contribution >= 0.6 is 0 Å². The van der Waals surface area contributed by atoms with Crippen LogP contribution in [0.3, 0.4) is 0 Å². The van der Waals surface area contributed by atoms with Gasteiger partial charge in [0.15, 0.2) is 0 Å². The highest BCUT2D eigenvalue weighted by Crippen LogP contribution is 2.63. The molecule has 5 aliphatic rings. The first-order valence-corrected chi connectivity index (χ1v) is 17.2. The second kappa shape index (κ2) is 11.6. The summed E-state index contributed by atoms with van der Waals surface area (Å²) in [5.41, 5.74) is 2.06. The van der Waals surface area contributed by atoms with Crippen molar-refractivity contribution >= 4 is 11.9 Å². The third-order valence-corrected chi connectivity index (χ3v) is 13.8. The number of carboxylic acid groups (broad SMARTS) is 2. The van der Waals surface area contributed by atoms with Gasteiger partial charge < -0.3 is 10.2 Å². The molecule has 44 heavy (non-hydrogen) atoms. The predicted octanol–water partition coefficient (Wildman–Crippen LogP) is 10.1. The Morgan fingerprint density at radius 3 is 1.77 bits per heavy atom. The molecule has 9 atom stereocenters. The molecule has 0 aromatic rings. The average molecular weight is 601 g/mol. The molecule has 0 amide bonds. The molecule has 0 spiro atoms. The minimum absolute atomic E-state index is 0.0976. The van der Waals surface area contributed by atoms with Crippen molar-refractivity contribution in [3.63, 3.8) is 0 Å². The van der Waals surface area contributed by atoms with Crippen LogP contribution in [0.15, 0.2) is 72.9 Å². The highest BCUT2D eigenvalue weighted by Gasteiger charge is 2.58. The Morgan fingerprint density at radius 1 is 0.795 bits per heavy atom. The maximum Gasteiger partial charge on any atom is 0.309 e. The van der Waals surface area contributed by atoms with E-state index in [-0.39, 0.29) is 39.9 Å². The predicted molar refractivity (Wildman–Crippen MR) is 179 cm³/mol. The van der Waals surface area contributed by atoms with Crippen LogP contribution in [0.25, 0.3) is 0 Å². The van der Waals surface area contributed by atoms with Crippen molar-refractivity contribution in [1.82, 2.24) is 0 Å². The van der Waals surface area contributed by atoms with Gasteiger partial charge in [0.05, 0.1) is 10.8 Å². The molecule has 4 fully saturated rings. The maximum absolute atomic E-state index is 12.5. The number of rotatable bonds is 7. The fourth-order valence-electron chi connectivity index (χ4n) is 11.1. The van der Waals surface area contributed by atoms with E-state index in [4.69, 9.17) is 0 Å². The van der Waals surface area contributed by atoms with E-state index < -0.39 is 22.8 Å². The van der Waals surface area contributed by atoms with Gasteiger partial charge in [-0.2, -0.15) is 0 Å². The minimum Gasteiger partial charge on any atom is -0.481 e. The van der Waals surface area contributed by atoms with E-state index in [0.717, 1.165) is 83.5 Å². The van der Waals surface area contributed by atoms with Gasteiger partial charge in [0.2, 0.25) is 0 Å². The van der Waals surface area contributed by atoms with Gasteiger partial charge in [-0.1, -0.05) is 93.0 Å². The zero-order chi connectivity index (χ0) is 32.1. The summed E-state index contributed by atoms with van der Waals surface area (Å²) in [5, 5.41) is 20.5. The maximum atomic E-state index is 12.5. The van der Waals surface area contributed by atoms with Crippen LogP contribution in [0, 0.1) is 50.7 Å². The van der Waals surface area contributed by atoms with Gasteiger partial charge in [-0.25, -0.2) is 0 Å². The number of fused-ring (bicyclic) bond motifs is 2. The van der Waals surface area contributed by atoms with Gasteiger partial charge >= 0.3 is 11.9 Å². The third-order valence-electron chi connectivity index (χ3n) is 13.8. The third kappa shape index (κ3) is 5.22. The van der Waals surface area contributed by atoms with Gasteiger partial charge in [0, 0.05) is 17.3 Å². The fourth-order valence-corrected chi connectivity index (χ4v) is 11.1. The monoisotopic (exact) mass is 600 g/mol. The van der Waals surface area contributed by atoms with Crippen molar-refractivity contribution in [2.45, 2.75) is 111 Å². The lowest BCUT2D eigenvalue weighted by Gasteiger charge is -2.56. The summed E-state index contributed by atoms with van der Waals surface area (Å²) in [6, 6.07) is 0. The van der Waals surface area contributed by atoms with Crippen molar-refractivity contribution in [2.24, 2.45) is 50.7 Å². The Hall–Kier alpha value is -2.62. The lowest BCUT2D eigenvalue weighted by Crippen LogP contribution is -2.53. The second-order valence-electron chi connectivity index (χ2n) is 16.3. The van der Waals surface area contributed by atoms with Crippen LogP contribution < -0.4 is 0 Å². The summed E-state index contributed by atoms with van der Waals surface area (Å²) in [4.78, 5) is 24.9. The van der Waals surface area contributed by atoms with Crippen LogP contribution in [0.2, 0.25) is 0 Å². The van der Waals surface area contributed by atoms with E-state index in [1.54, 1.807) is 0 Å². The molecule has 0 aromatic carbocycles. The first-order valence-electron chi connectivity index (χ1n) is 17.2. The lowest BCUT2D eigenvalue weighted by atomic mass is 9.47. The number of aliphatic carboxylic acids is 2. The normalized spacial score (nSPS) is 44.6. The first kappa shape index (κ1) is 32.8. The van der Waals surface area contributed by atoms with Crippen molar-refractivity contribution in [1.29, 1.82) is 0 Å². The van der Waals surface area contributed by atoms with Crippen LogP contribution in [0.5, 0.6) is 0 Å². The van der Waals surface area contributed by atoms with Gasteiger partial charge in [0.1, 0.15) is 0 Å². The van der Waals surface area contributed by atoms with Gasteiger partial charge in [-0.15, -0.1) is 6.58 Å². The summed E-state index contributed by atoms with van der Waals surface area (Å²) in [6.45, 7) is 21.9. The Labute approximate surface area is 266 Å². The SMILES string of the molecule is C=CC1(/C=C/C2C(=C)CCC3C(C)(C(=O)O)CCCC23C)CCC=C(/C=C/C2C(=C)CCC3C(C)(C(=O)O)CCCC23C)C1. The Morgan fingerprint density at radius 2 is 1.30 bits per heavy atom. The Bertz CT molecular complexity index is 1320. The van der Waals surface area contributed by atoms with Crippen LogP contribution in [-0.4, -0.2) is 22.2 Å². The van der Waals surface area contributed by atoms with Crippen molar-refractivity contribution in [3.05, 3.63) is 72.9 Å². The molecule has 0 heterocycles. The quantitative estimate of drug-likeness (QED) is 0.285. The lowest BCUT2D eigenvalue weighted by molar-refractivity contribution is -0.163. The number of hydrogen-bond acceptors (Lipinski definition) is 2. The average Bonchev–Trinajstić information content (AvgIpc) is 2.96. The van der Waals surface area contributed by atoms with Gasteiger partial charge in [-0.3, -0.25) is 9.59 Å². The molecule has 0 bridgehead atoms. The molecule has 5 aliphatic carbocycles. The van der Waals surface area contributed by atoms with E-state index in [1.165, 1.54) is 16.7 Å². The molecule has 4 saturated carbocycles. The topological polar surface area (TPSA) is 74.6 Å². The molecule has 9 unspecified atom stereocenters. The molecule has 240 valence electrons. The number of hydrogen-bond donors (Lipinski definition) is 2. The van der Waals surface area contributed by atoms with E-state index in [0.29, 0.717) is 0 Å². The first-order chi connectivity index (χ1) is 20.6. The van der Waals surface area contributed by atoms with Gasteiger partial charge in [0.25, 0.3) is 0 Å². The largest absolute Gasteiger partial charge is 0.481 e. The van der Waals surface area contributed by atoms with Crippen molar-refractivity contribution in [3.8, 4) is 0 Å². The Balaban J connectivity index is 1.37. The number of allylic oxidation sites excluding steroid dienone is 9.